The van der Waals surface area contributed by atoms with E-state index in [1.807, 2.05) is 24.0 Å². The molecule has 1 aromatic carbocycles. The first-order valence-electron chi connectivity index (χ1n) is 8.83. The third-order valence-corrected chi connectivity index (χ3v) is 4.24. The fourth-order valence-electron chi connectivity index (χ4n) is 2.52. The van der Waals surface area contributed by atoms with Gasteiger partial charge in [-0.1, -0.05) is 31.2 Å². The van der Waals surface area contributed by atoms with Crippen LogP contribution in [0.1, 0.15) is 18.1 Å². The maximum Gasteiger partial charge on any atom is 0.414 e. The number of ether oxygens (including phenoxy) is 1. The van der Waals surface area contributed by atoms with Gasteiger partial charge >= 0.3 is 12.6 Å². The van der Waals surface area contributed by atoms with Crippen LogP contribution in [0.2, 0.25) is 0 Å². The van der Waals surface area contributed by atoms with Crippen molar-refractivity contribution in [1.82, 2.24) is 10.2 Å². The van der Waals surface area contributed by atoms with Gasteiger partial charge in [-0.15, -0.1) is 0 Å². The summed E-state index contributed by atoms with van der Waals surface area (Å²) in [4.78, 5) is 23.0. The zero-order chi connectivity index (χ0) is 21.1. The Morgan fingerprint density at radius 2 is 1.68 bits per heavy atom. The number of nitrogens with zero attached hydrogens (tertiary/aromatic N) is 1. The zero-order valence-corrected chi connectivity index (χ0v) is 15.6. The largest absolute Gasteiger partial charge is 0.414 e. The highest BCUT2D eigenvalue weighted by molar-refractivity contribution is 5.74. The van der Waals surface area contributed by atoms with Gasteiger partial charge in [0, 0.05) is 19.6 Å². The molecular weight excluding hydrogens is 372 g/mol. The molecule has 1 aromatic rings. The van der Waals surface area contributed by atoms with Gasteiger partial charge in [0.1, 0.15) is 18.3 Å². The summed E-state index contributed by atoms with van der Waals surface area (Å²) in [5.74, 6) is 0. The zero-order valence-electron chi connectivity index (χ0n) is 15.6. The summed E-state index contributed by atoms with van der Waals surface area (Å²) in [6.45, 7) is 2.45. The molecule has 158 valence electrons. The molecule has 0 fully saturated rings. The molecule has 0 aliphatic heterocycles. The van der Waals surface area contributed by atoms with Crippen LogP contribution in [0.25, 0.3) is 0 Å². The number of amides is 1. The molecule has 6 N–H and O–H groups in total. The van der Waals surface area contributed by atoms with Gasteiger partial charge in [-0.2, -0.15) is 0 Å². The van der Waals surface area contributed by atoms with Crippen molar-refractivity contribution in [1.29, 1.82) is 0 Å². The number of carbonyl (C=O) groups excluding carboxylic acids is 2. The van der Waals surface area contributed by atoms with E-state index in [9.17, 15) is 30.0 Å². The van der Waals surface area contributed by atoms with Gasteiger partial charge in [0.15, 0.2) is 0 Å². The van der Waals surface area contributed by atoms with E-state index in [-0.39, 0.29) is 19.6 Å². The predicted octanol–water partition coefficient (Wildman–Crippen LogP) is -1.67. The highest BCUT2D eigenvalue weighted by atomic mass is 16.6. The minimum Gasteiger partial charge on any atom is -0.394 e. The molecule has 28 heavy (non-hydrogen) atoms. The number of hydrogen-bond acceptors (Lipinski definition) is 9. The van der Waals surface area contributed by atoms with E-state index in [4.69, 9.17) is 5.11 Å². The maximum atomic E-state index is 11.1. The van der Waals surface area contributed by atoms with Gasteiger partial charge in [-0.25, -0.2) is 4.79 Å². The summed E-state index contributed by atoms with van der Waals surface area (Å²) >= 11 is 0. The van der Waals surface area contributed by atoms with Crippen LogP contribution < -0.4 is 5.32 Å². The smallest absolute Gasteiger partial charge is 0.394 e. The molecule has 1 amide bonds. The number of nitrogens with one attached hydrogen (secondary N) is 1. The Morgan fingerprint density at radius 1 is 1.11 bits per heavy atom. The number of hydrogen-bond donors (Lipinski definition) is 6. The van der Waals surface area contributed by atoms with Crippen LogP contribution in [0.5, 0.6) is 0 Å². The first-order valence-corrected chi connectivity index (χ1v) is 8.83. The molecule has 0 radical (unpaired) electrons. The number of carbonyl (C=O) groups is 2. The van der Waals surface area contributed by atoms with E-state index < -0.39 is 37.1 Å². The summed E-state index contributed by atoms with van der Waals surface area (Å²) in [5.41, 5.74) is 1.71. The van der Waals surface area contributed by atoms with Crippen molar-refractivity contribution < 1.29 is 39.9 Å². The van der Waals surface area contributed by atoms with Crippen molar-refractivity contribution in [3.63, 3.8) is 0 Å². The lowest BCUT2D eigenvalue weighted by Gasteiger charge is -2.29. The average molecular weight is 400 g/mol. The van der Waals surface area contributed by atoms with E-state index >= 15 is 0 Å². The molecule has 0 saturated carbocycles. The minimum atomic E-state index is -1.66. The summed E-state index contributed by atoms with van der Waals surface area (Å²) in [6.07, 6.45) is -6.95. The second-order valence-electron chi connectivity index (χ2n) is 6.30. The van der Waals surface area contributed by atoms with Crippen LogP contribution in [0, 0.1) is 0 Å². The normalized spacial score (nSPS) is 15.5. The standard InChI is InChI=1S/C18H28N2O8/c1-2-20(9-14(23)16(25)17(26)15(24)10-21)8-13-5-3-12(4-6-13)7-19-18(27)28-11-22/h3-6,11,14-17,21,23-26H,2,7-10H2,1H3,(H,19,27)/t14-,15+,16+,17+/m0/s1. The van der Waals surface area contributed by atoms with Crippen molar-refractivity contribution in [2.24, 2.45) is 0 Å². The van der Waals surface area contributed by atoms with Crippen molar-refractivity contribution in [2.75, 3.05) is 19.7 Å². The van der Waals surface area contributed by atoms with Crippen LogP contribution in [0.4, 0.5) is 4.79 Å². The van der Waals surface area contributed by atoms with Crippen LogP contribution in [0.15, 0.2) is 24.3 Å². The first kappa shape index (κ1) is 24.0. The Kier molecular flexibility index (Phi) is 10.6. The summed E-state index contributed by atoms with van der Waals surface area (Å²) in [5, 5.41) is 50.3. The third kappa shape index (κ3) is 7.89. The highest BCUT2D eigenvalue weighted by Gasteiger charge is 2.30. The van der Waals surface area contributed by atoms with Crippen molar-refractivity contribution in [3.05, 3.63) is 35.4 Å². The summed E-state index contributed by atoms with van der Waals surface area (Å²) in [7, 11) is 0. The lowest BCUT2D eigenvalue weighted by Crippen LogP contribution is -2.49. The van der Waals surface area contributed by atoms with Gasteiger partial charge in [-0.05, 0) is 17.7 Å². The number of aliphatic hydroxyl groups excluding tert-OH is 5. The Labute approximate surface area is 163 Å². The van der Waals surface area contributed by atoms with E-state index in [2.05, 4.69) is 10.1 Å². The third-order valence-electron chi connectivity index (χ3n) is 4.24. The maximum absolute atomic E-state index is 11.1. The molecule has 1 rings (SSSR count). The topological polar surface area (TPSA) is 160 Å². The Morgan fingerprint density at radius 3 is 2.21 bits per heavy atom. The molecule has 0 heterocycles. The number of likely N-dealkylation sites (N-methyl/N-ethyl adjacent to an activating group) is 1. The number of aliphatic hydroxyl groups is 5. The van der Waals surface area contributed by atoms with Crippen molar-refractivity contribution in [3.8, 4) is 0 Å². The Balaban J connectivity index is 2.57. The van der Waals surface area contributed by atoms with Crippen LogP contribution in [-0.4, -0.2) is 87.1 Å². The summed E-state index contributed by atoms with van der Waals surface area (Å²) in [6, 6.07) is 7.24. The SMILES string of the molecule is CCN(Cc1ccc(CNC(=O)OC=O)cc1)C[C@H](O)[C@@H](O)[C@H](O)[C@H](O)CO. The number of alkyl carbamates (subject to hydrolysis) is 1. The van der Waals surface area contributed by atoms with Crippen molar-refractivity contribution >= 4 is 12.6 Å². The second kappa shape index (κ2) is 12.4. The Hall–Kier alpha value is -2.08. The summed E-state index contributed by atoms with van der Waals surface area (Å²) < 4.78 is 4.12. The van der Waals surface area contributed by atoms with E-state index in [1.165, 1.54) is 0 Å². The molecule has 0 unspecified atom stereocenters. The quantitative estimate of drug-likeness (QED) is 0.178. The second-order valence-corrected chi connectivity index (χ2v) is 6.30. The molecule has 0 bridgehead atoms. The fourth-order valence-corrected chi connectivity index (χ4v) is 2.52. The number of rotatable bonds is 12. The van der Waals surface area contributed by atoms with Crippen molar-refractivity contribution in [2.45, 2.75) is 44.4 Å². The predicted molar refractivity (Wildman–Crippen MR) is 97.9 cm³/mol. The van der Waals surface area contributed by atoms with Gasteiger partial charge in [0.05, 0.1) is 12.7 Å². The van der Waals surface area contributed by atoms with E-state index in [0.29, 0.717) is 13.1 Å². The van der Waals surface area contributed by atoms with Gasteiger partial charge < -0.3 is 35.6 Å². The van der Waals surface area contributed by atoms with Crippen LogP contribution in [-0.2, 0) is 22.6 Å². The molecule has 4 atom stereocenters. The molecule has 0 saturated heterocycles. The average Bonchev–Trinajstić information content (AvgIpc) is 2.71. The first-order chi connectivity index (χ1) is 13.3. The molecule has 0 aliphatic rings. The highest BCUT2D eigenvalue weighted by Crippen LogP contribution is 2.11. The Bertz CT molecular complexity index is 598. The van der Waals surface area contributed by atoms with Gasteiger partial charge in [0.25, 0.3) is 0 Å². The van der Waals surface area contributed by atoms with Crippen LogP contribution in [0.3, 0.4) is 0 Å². The number of benzene rings is 1. The fraction of sp³-hybridized carbons (Fsp3) is 0.556. The molecule has 10 heteroatoms. The molecule has 0 aromatic heterocycles. The molecule has 10 nitrogen and oxygen atoms in total. The van der Waals surface area contributed by atoms with E-state index in [0.717, 1.165) is 11.1 Å². The van der Waals surface area contributed by atoms with Gasteiger partial charge in [0.2, 0.25) is 0 Å². The van der Waals surface area contributed by atoms with E-state index in [1.54, 1.807) is 12.1 Å². The van der Waals surface area contributed by atoms with Gasteiger partial charge in [-0.3, -0.25) is 9.69 Å². The van der Waals surface area contributed by atoms with Crippen LogP contribution >= 0.6 is 0 Å². The molecular formula is C18H28N2O8. The molecule has 0 spiro atoms. The lowest BCUT2D eigenvalue weighted by molar-refractivity contribution is -0.123. The monoisotopic (exact) mass is 400 g/mol. The minimum absolute atomic E-state index is 0.0483. The molecule has 0 aliphatic carbocycles. The lowest BCUT2D eigenvalue weighted by atomic mass is 10.0.